The highest BCUT2D eigenvalue weighted by atomic mass is 16.2. The van der Waals surface area contributed by atoms with Gasteiger partial charge in [-0.2, -0.15) is 0 Å². The Labute approximate surface area is 173 Å². The SMILES string of the molecule is CC(C)c1ccc(C(=O)N(C)C2CCCN(CCCc3ccccc3)C2)c(=O)[nH]1. The van der Waals surface area contributed by atoms with Gasteiger partial charge < -0.3 is 14.8 Å². The van der Waals surface area contributed by atoms with E-state index in [1.165, 1.54) is 5.56 Å². The molecule has 1 amide bonds. The lowest BCUT2D eigenvalue weighted by molar-refractivity contribution is 0.0615. The molecule has 0 spiro atoms. The Morgan fingerprint density at radius 2 is 1.97 bits per heavy atom. The first-order valence-electron chi connectivity index (χ1n) is 10.7. The van der Waals surface area contributed by atoms with Crippen molar-refractivity contribution in [2.24, 2.45) is 0 Å². The van der Waals surface area contributed by atoms with Gasteiger partial charge in [-0.1, -0.05) is 44.2 Å². The van der Waals surface area contributed by atoms with E-state index in [-0.39, 0.29) is 29.0 Å². The van der Waals surface area contributed by atoms with Crippen LogP contribution >= 0.6 is 0 Å². The van der Waals surface area contributed by atoms with Gasteiger partial charge in [0.05, 0.1) is 0 Å². The molecule has 5 heteroatoms. The zero-order valence-electron chi connectivity index (χ0n) is 17.9. The largest absolute Gasteiger partial charge is 0.337 e. The van der Waals surface area contributed by atoms with Crippen molar-refractivity contribution >= 4 is 5.91 Å². The topological polar surface area (TPSA) is 56.4 Å². The molecule has 2 aromatic rings. The number of aromatic amines is 1. The molecular formula is C24H33N3O2. The number of pyridine rings is 1. The van der Waals surface area contributed by atoms with Crippen LogP contribution in [0, 0.1) is 0 Å². The first kappa shape index (κ1) is 21.3. The number of nitrogens with one attached hydrogen (secondary N) is 1. The third-order valence-corrected chi connectivity index (χ3v) is 5.92. The van der Waals surface area contributed by atoms with Gasteiger partial charge in [-0.25, -0.2) is 0 Å². The molecule has 0 saturated carbocycles. The second-order valence-electron chi connectivity index (χ2n) is 8.41. The molecule has 0 radical (unpaired) electrons. The van der Waals surface area contributed by atoms with Crippen molar-refractivity contribution in [3.05, 3.63) is 69.6 Å². The summed E-state index contributed by atoms with van der Waals surface area (Å²) in [5.74, 6) is 0.0464. The quantitative estimate of drug-likeness (QED) is 0.778. The van der Waals surface area contributed by atoms with Crippen LogP contribution in [0.1, 0.15) is 60.6 Å². The second kappa shape index (κ2) is 9.88. The molecule has 156 valence electrons. The van der Waals surface area contributed by atoms with Crippen LogP contribution in [0.15, 0.2) is 47.3 Å². The molecule has 5 nitrogen and oxygen atoms in total. The number of hydrogen-bond acceptors (Lipinski definition) is 3. The van der Waals surface area contributed by atoms with Crippen molar-refractivity contribution < 1.29 is 4.79 Å². The van der Waals surface area contributed by atoms with E-state index in [9.17, 15) is 9.59 Å². The number of piperidine rings is 1. The van der Waals surface area contributed by atoms with Crippen LogP contribution in [-0.4, -0.2) is 53.4 Å². The van der Waals surface area contributed by atoms with E-state index >= 15 is 0 Å². The lowest BCUT2D eigenvalue weighted by Crippen LogP contribution is -2.49. The number of rotatable bonds is 7. The minimum absolute atomic E-state index is 0.150. The minimum atomic E-state index is -0.288. The zero-order valence-corrected chi connectivity index (χ0v) is 17.9. The van der Waals surface area contributed by atoms with Crippen molar-refractivity contribution in [1.82, 2.24) is 14.8 Å². The van der Waals surface area contributed by atoms with E-state index in [0.717, 1.165) is 51.0 Å². The predicted octanol–water partition coefficient (Wildman–Crippen LogP) is 3.67. The van der Waals surface area contributed by atoms with Crippen LogP contribution in [-0.2, 0) is 6.42 Å². The Balaban J connectivity index is 1.56. The van der Waals surface area contributed by atoms with Gasteiger partial charge in [0.1, 0.15) is 5.56 Å². The molecular weight excluding hydrogens is 362 g/mol. The molecule has 1 aliphatic heterocycles. The van der Waals surface area contributed by atoms with E-state index in [4.69, 9.17) is 0 Å². The van der Waals surface area contributed by atoms with Gasteiger partial charge in [0.25, 0.3) is 11.5 Å². The zero-order chi connectivity index (χ0) is 20.8. The fourth-order valence-electron chi connectivity index (χ4n) is 4.05. The average Bonchev–Trinajstić information content (AvgIpc) is 2.73. The highest BCUT2D eigenvalue weighted by Gasteiger charge is 2.27. The van der Waals surface area contributed by atoms with Crippen LogP contribution in [0.2, 0.25) is 0 Å². The van der Waals surface area contributed by atoms with Crippen molar-refractivity contribution in [1.29, 1.82) is 0 Å². The Morgan fingerprint density at radius 1 is 1.21 bits per heavy atom. The second-order valence-corrected chi connectivity index (χ2v) is 8.41. The normalized spacial score (nSPS) is 17.4. The minimum Gasteiger partial charge on any atom is -0.337 e. The molecule has 1 N–H and O–H groups in total. The number of likely N-dealkylation sites (tertiary alicyclic amines) is 1. The number of benzene rings is 1. The average molecular weight is 396 g/mol. The van der Waals surface area contributed by atoms with E-state index in [2.05, 4.69) is 34.1 Å². The van der Waals surface area contributed by atoms with Crippen LogP contribution in [0.25, 0.3) is 0 Å². The summed E-state index contributed by atoms with van der Waals surface area (Å²) in [6, 6.07) is 14.2. The van der Waals surface area contributed by atoms with Crippen molar-refractivity contribution in [3.63, 3.8) is 0 Å². The van der Waals surface area contributed by atoms with Gasteiger partial charge in [-0.15, -0.1) is 0 Å². The van der Waals surface area contributed by atoms with Gasteiger partial charge in [-0.05, 0) is 62.4 Å². The van der Waals surface area contributed by atoms with Gasteiger partial charge >= 0.3 is 0 Å². The Morgan fingerprint density at radius 3 is 2.66 bits per heavy atom. The first-order valence-corrected chi connectivity index (χ1v) is 10.7. The van der Waals surface area contributed by atoms with E-state index in [1.54, 1.807) is 11.0 Å². The smallest absolute Gasteiger partial charge is 0.261 e. The molecule has 2 heterocycles. The number of aryl methyl sites for hydroxylation is 1. The van der Waals surface area contributed by atoms with Crippen molar-refractivity contribution in [2.45, 2.75) is 51.5 Å². The first-order chi connectivity index (χ1) is 14.0. The number of likely N-dealkylation sites (N-methyl/N-ethyl adjacent to an activating group) is 1. The Bertz CT molecular complexity index is 860. The number of aromatic nitrogens is 1. The van der Waals surface area contributed by atoms with Crippen molar-refractivity contribution in [3.8, 4) is 0 Å². The predicted molar refractivity (Wildman–Crippen MR) is 117 cm³/mol. The molecule has 1 aliphatic rings. The summed E-state index contributed by atoms with van der Waals surface area (Å²) in [6.45, 7) is 7.04. The van der Waals surface area contributed by atoms with E-state index in [1.807, 2.05) is 33.0 Å². The van der Waals surface area contributed by atoms with Crippen LogP contribution in [0.3, 0.4) is 0 Å². The summed E-state index contributed by atoms with van der Waals surface area (Å²) in [4.78, 5) is 32.4. The van der Waals surface area contributed by atoms with Crippen LogP contribution < -0.4 is 5.56 Å². The summed E-state index contributed by atoms with van der Waals surface area (Å²) < 4.78 is 0. The van der Waals surface area contributed by atoms with E-state index < -0.39 is 0 Å². The van der Waals surface area contributed by atoms with Crippen LogP contribution in [0.5, 0.6) is 0 Å². The van der Waals surface area contributed by atoms with Crippen LogP contribution in [0.4, 0.5) is 0 Å². The van der Waals surface area contributed by atoms with Gasteiger partial charge in [0, 0.05) is 25.3 Å². The van der Waals surface area contributed by atoms with Gasteiger partial charge in [0.2, 0.25) is 0 Å². The molecule has 1 aromatic heterocycles. The lowest BCUT2D eigenvalue weighted by atomic mass is 10.0. The molecule has 29 heavy (non-hydrogen) atoms. The summed E-state index contributed by atoms with van der Waals surface area (Å²) in [6.07, 6.45) is 4.26. The molecule has 1 saturated heterocycles. The summed E-state index contributed by atoms with van der Waals surface area (Å²) in [7, 11) is 1.83. The van der Waals surface area contributed by atoms with Crippen molar-refractivity contribution in [2.75, 3.05) is 26.7 Å². The number of amides is 1. The highest BCUT2D eigenvalue weighted by Crippen LogP contribution is 2.18. The number of carbonyl (C=O) groups excluding carboxylic acids is 1. The van der Waals surface area contributed by atoms with E-state index in [0.29, 0.717) is 0 Å². The molecule has 1 atom stereocenters. The maximum absolute atomic E-state index is 12.9. The number of H-pyrrole nitrogens is 1. The molecule has 0 aliphatic carbocycles. The lowest BCUT2D eigenvalue weighted by Gasteiger charge is -2.37. The molecule has 3 rings (SSSR count). The highest BCUT2D eigenvalue weighted by molar-refractivity contribution is 5.93. The summed E-state index contributed by atoms with van der Waals surface area (Å²) >= 11 is 0. The van der Waals surface area contributed by atoms with Gasteiger partial charge in [0.15, 0.2) is 0 Å². The summed E-state index contributed by atoms with van der Waals surface area (Å²) in [5, 5.41) is 0. The fraction of sp³-hybridized carbons (Fsp3) is 0.500. The Kier molecular flexibility index (Phi) is 7.26. The number of hydrogen-bond donors (Lipinski definition) is 1. The summed E-state index contributed by atoms with van der Waals surface area (Å²) in [5.41, 5.74) is 2.18. The third kappa shape index (κ3) is 5.57. The molecule has 1 unspecified atom stereocenters. The molecule has 1 aromatic carbocycles. The maximum Gasteiger partial charge on any atom is 0.261 e. The fourth-order valence-corrected chi connectivity index (χ4v) is 4.05. The molecule has 0 bridgehead atoms. The number of nitrogens with zero attached hydrogens (tertiary/aromatic N) is 2. The molecule has 1 fully saturated rings. The van der Waals surface area contributed by atoms with Gasteiger partial charge in [-0.3, -0.25) is 9.59 Å². The number of carbonyl (C=O) groups is 1. The monoisotopic (exact) mass is 395 g/mol. The third-order valence-electron chi connectivity index (χ3n) is 5.92. The Hall–Kier alpha value is -2.40. The standard InChI is InChI=1S/C24H33N3O2/c1-18(2)22-14-13-21(23(28)25-22)24(29)26(3)20-12-8-16-27(17-20)15-7-11-19-9-5-4-6-10-19/h4-6,9-10,13-14,18,20H,7-8,11-12,15-17H2,1-3H3,(H,25,28). The maximum atomic E-state index is 12.9.